The first-order chi connectivity index (χ1) is 16.3. The van der Waals surface area contributed by atoms with Crippen LogP contribution in [-0.4, -0.2) is 0 Å². The van der Waals surface area contributed by atoms with Gasteiger partial charge in [0.1, 0.15) is 0 Å². The first kappa shape index (κ1) is 24.2. The third kappa shape index (κ3) is 7.01. The lowest BCUT2D eigenvalue weighted by Crippen LogP contribution is -2.20. The zero-order chi connectivity index (χ0) is 22.7. The van der Waals surface area contributed by atoms with Gasteiger partial charge < -0.3 is 0 Å². The van der Waals surface area contributed by atoms with Crippen molar-refractivity contribution in [2.75, 3.05) is 0 Å². The van der Waals surface area contributed by atoms with E-state index in [1.54, 1.807) is 0 Å². The highest BCUT2D eigenvalue weighted by molar-refractivity contribution is 14.1. The Kier molecular flexibility index (Phi) is 9.57. The molecule has 0 amide bonds. The van der Waals surface area contributed by atoms with Crippen molar-refractivity contribution < 1.29 is 0 Å². The first-order valence-electron chi connectivity index (χ1n) is 12.0. The van der Waals surface area contributed by atoms with E-state index in [4.69, 9.17) is 0 Å². The predicted octanol–water partition coefficient (Wildman–Crippen LogP) is 8.19. The molecule has 5 rings (SSSR count). The summed E-state index contributed by atoms with van der Waals surface area (Å²) in [6.45, 7) is 0. The van der Waals surface area contributed by atoms with Crippen LogP contribution in [0.4, 0.5) is 0 Å². The summed E-state index contributed by atoms with van der Waals surface area (Å²) in [4.78, 5) is 0. The van der Waals surface area contributed by atoms with Gasteiger partial charge in [-0.3, -0.25) is 0 Å². The van der Waals surface area contributed by atoms with Crippen LogP contribution >= 0.6 is 30.5 Å². The van der Waals surface area contributed by atoms with Gasteiger partial charge in [0.15, 0.2) is 0 Å². The van der Waals surface area contributed by atoms with Gasteiger partial charge in [0.05, 0.1) is 0 Å². The molecule has 1 aliphatic carbocycles. The minimum absolute atomic E-state index is 0.446. The van der Waals surface area contributed by atoms with Gasteiger partial charge in [0.25, 0.3) is 0 Å². The number of hydrogen-bond acceptors (Lipinski definition) is 0. The molecule has 2 heteroatoms. The van der Waals surface area contributed by atoms with Crippen LogP contribution < -0.4 is 15.9 Å². The zero-order valence-corrected chi connectivity index (χ0v) is 22.1. The second kappa shape index (κ2) is 13.1. The van der Waals surface area contributed by atoms with E-state index in [-0.39, 0.29) is 0 Å². The van der Waals surface area contributed by atoms with Crippen molar-refractivity contribution in [1.82, 2.24) is 0 Å². The lowest BCUT2D eigenvalue weighted by Gasteiger charge is -2.26. The fourth-order valence-corrected chi connectivity index (χ4v) is 7.95. The van der Waals surface area contributed by atoms with Gasteiger partial charge in [0.2, 0.25) is 0 Å². The van der Waals surface area contributed by atoms with Crippen LogP contribution in [-0.2, 0) is 0 Å². The molecule has 4 aromatic rings. The van der Waals surface area contributed by atoms with E-state index in [9.17, 15) is 0 Å². The minimum Gasteiger partial charge on any atom is -0.0771 e. The van der Waals surface area contributed by atoms with E-state index >= 15 is 0 Å². The van der Waals surface area contributed by atoms with E-state index in [2.05, 4.69) is 144 Å². The number of halogens is 1. The number of rotatable bonds is 5. The molecule has 0 nitrogen and oxygen atoms in total. The number of benzene rings is 4. The smallest absolute Gasteiger partial charge is 0.0387 e. The maximum atomic E-state index is 2.63. The molecule has 1 aliphatic rings. The Hall–Kier alpha value is -1.96. The molecule has 0 radical (unpaired) electrons. The van der Waals surface area contributed by atoms with Crippen molar-refractivity contribution in [1.29, 1.82) is 0 Å². The van der Waals surface area contributed by atoms with Crippen molar-refractivity contribution in [3.05, 3.63) is 127 Å². The first-order valence-corrected chi connectivity index (χ1v) is 14.6. The van der Waals surface area contributed by atoms with Crippen molar-refractivity contribution >= 4 is 46.4 Å². The molecular formula is C31H32IP. The normalized spacial score (nSPS) is 14.8. The molecule has 0 aromatic heterocycles. The lowest BCUT2D eigenvalue weighted by atomic mass is 9.85. The van der Waals surface area contributed by atoms with Gasteiger partial charge >= 0.3 is 0 Å². The van der Waals surface area contributed by atoms with Gasteiger partial charge in [0, 0.05) is 3.92 Å². The SMILES string of the molecule is IC(c1ccccc1)C1CCCCC1.c1ccc(P(c2ccccc2)c2ccccc2)cc1. The van der Waals surface area contributed by atoms with Crippen LogP contribution in [0.5, 0.6) is 0 Å². The second-order valence-corrected chi connectivity index (χ2v) is 12.1. The summed E-state index contributed by atoms with van der Waals surface area (Å²) in [6, 6.07) is 43.3. The van der Waals surface area contributed by atoms with E-state index < -0.39 is 7.92 Å². The highest BCUT2D eigenvalue weighted by Gasteiger charge is 2.22. The highest BCUT2D eigenvalue weighted by Crippen LogP contribution is 2.40. The molecule has 33 heavy (non-hydrogen) atoms. The van der Waals surface area contributed by atoms with Crippen molar-refractivity contribution in [2.24, 2.45) is 5.92 Å². The van der Waals surface area contributed by atoms with Crippen LogP contribution in [0, 0.1) is 5.92 Å². The molecule has 168 valence electrons. The Morgan fingerprint density at radius 1 is 0.515 bits per heavy atom. The van der Waals surface area contributed by atoms with Gasteiger partial charge in [-0.2, -0.15) is 0 Å². The Labute approximate surface area is 214 Å². The summed E-state index contributed by atoms with van der Waals surface area (Å²) < 4.78 is 0.731. The average Bonchev–Trinajstić information content (AvgIpc) is 2.92. The van der Waals surface area contributed by atoms with Crippen LogP contribution in [0.3, 0.4) is 0 Å². The largest absolute Gasteiger partial charge is 0.0771 e. The molecular weight excluding hydrogens is 530 g/mol. The standard InChI is InChI=1S/C18H15P.C13H17I/c1-4-10-16(11-5-1)19(17-12-6-2-7-13-17)18-14-8-3-9-15-18;14-13(11-7-3-1-4-8-11)12-9-5-2-6-10-12/h1-15H;1,3-4,7-8,12-13H,2,5-6,9-10H2. The van der Waals surface area contributed by atoms with Crippen LogP contribution in [0.2, 0.25) is 0 Å². The molecule has 0 aliphatic heterocycles. The molecule has 0 N–H and O–H groups in total. The third-order valence-electron chi connectivity index (χ3n) is 6.22. The molecule has 0 heterocycles. The summed E-state index contributed by atoms with van der Waals surface area (Å²) >= 11 is 2.63. The molecule has 0 spiro atoms. The molecule has 4 aromatic carbocycles. The number of hydrogen-bond donors (Lipinski definition) is 0. The summed E-state index contributed by atoms with van der Waals surface area (Å²) in [6.07, 6.45) is 7.20. The molecule has 0 bridgehead atoms. The van der Waals surface area contributed by atoms with Crippen LogP contribution in [0.25, 0.3) is 0 Å². The maximum absolute atomic E-state index is 2.63. The van der Waals surface area contributed by atoms with Gasteiger partial charge in [-0.15, -0.1) is 0 Å². The van der Waals surface area contributed by atoms with Crippen molar-refractivity contribution in [3.63, 3.8) is 0 Å². The van der Waals surface area contributed by atoms with E-state index in [0.717, 1.165) is 9.84 Å². The molecule has 0 saturated heterocycles. The summed E-state index contributed by atoms with van der Waals surface area (Å²) in [7, 11) is -0.446. The van der Waals surface area contributed by atoms with Gasteiger partial charge in [-0.05, 0) is 48.2 Å². The fourth-order valence-electron chi connectivity index (χ4n) is 4.51. The van der Waals surface area contributed by atoms with Crippen molar-refractivity contribution in [2.45, 2.75) is 36.0 Å². The second-order valence-electron chi connectivity index (χ2n) is 8.55. The average molecular weight is 562 g/mol. The van der Waals surface area contributed by atoms with Gasteiger partial charge in [-0.1, -0.05) is 163 Å². The van der Waals surface area contributed by atoms with Gasteiger partial charge in [-0.25, -0.2) is 0 Å². The Balaban J connectivity index is 0.000000165. The van der Waals surface area contributed by atoms with E-state index in [0.29, 0.717) is 0 Å². The van der Waals surface area contributed by atoms with Crippen LogP contribution in [0.1, 0.15) is 41.6 Å². The van der Waals surface area contributed by atoms with Crippen LogP contribution in [0.15, 0.2) is 121 Å². The Bertz CT molecular complexity index is 951. The quantitative estimate of drug-likeness (QED) is 0.131. The minimum atomic E-state index is -0.446. The maximum Gasteiger partial charge on any atom is 0.0387 e. The van der Waals surface area contributed by atoms with Crippen molar-refractivity contribution in [3.8, 4) is 0 Å². The Morgan fingerprint density at radius 3 is 1.27 bits per heavy atom. The molecule has 1 unspecified atom stereocenters. The molecule has 1 fully saturated rings. The van der Waals surface area contributed by atoms with E-state index in [1.165, 1.54) is 53.6 Å². The third-order valence-corrected chi connectivity index (χ3v) is 10.4. The highest BCUT2D eigenvalue weighted by atomic mass is 127. The molecule has 1 atom stereocenters. The lowest BCUT2D eigenvalue weighted by molar-refractivity contribution is 0.358. The summed E-state index contributed by atoms with van der Waals surface area (Å²) in [5.74, 6) is 0.923. The number of alkyl halides is 1. The Morgan fingerprint density at radius 2 is 0.879 bits per heavy atom. The summed E-state index contributed by atoms with van der Waals surface area (Å²) in [5.41, 5.74) is 1.51. The monoisotopic (exact) mass is 562 g/mol. The summed E-state index contributed by atoms with van der Waals surface area (Å²) in [5, 5.41) is 4.19. The predicted molar refractivity (Wildman–Crippen MR) is 155 cm³/mol. The molecule has 1 saturated carbocycles. The topological polar surface area (TPSA) is 0 Å². The fraction of sp³-hybridized carbons (Fsp3) is 0.226. The zero-order valence-electron chi connectivity index (χ0n) is 19.1. The van der Waals surface area contributed by atoms with E-state index in [1.807, 2.05) is 0 Å².